The number of amides is 1. The van der Waals surface area contributed by atoms with E-state index in [2.05, 4.69) is 31.0 Å². The molecule has 0 bridgehead atoms. The zero-order valence-electron chi connectivity index (χ0n) is 13.1. The van der Waals surface area contributed by atoms with Crippen molar-refractivity contribution in [1.82, 2.24) is 19.6 Å². The van der Waals surface area contributed by atoms with Crippen molar-refractivity contribution < 1.29 is 13.2 Å². The molecular formula is C15H19BrN4O3S. The van der Waals surface area contributed by atoms with Crippen LogP contribution in [0.3, 0.4) is 0 Å². The van der Waals surface area contributed by atoms with Gasteiger partial charge < -0.3 is 9.88 Å². The monoisotopic (exact) mass is 414 g/mol. The number of carbonyl (C=O) groups is 1. The van der Waals surface area contributed by atoms with Crippen LogP contribution in [0.15, 0.2) is 52.4 Å². The molecule has 1 amide bonds. The highest BCUT2D eigenvalue weighted by atomic mass is 79.9. The van der Waals surface area contributed by atoms with Crippen molar-refractivity contribution in [2.75, 3.05) is 6.54 Å². The van der Waals surface area contributed by atoms with Crippen LogP contribution in [0.25, 0.3) is 0 Å². The van der Waals surface area contributed by atoms with Gasteiger partial charge in [-0.15, -0.1) is 0 Å². The largest absolute Gasteiger partial charge is 0.355 e. The molecule has 1 atom stereocenters. The second-order valence-electron chi connectivity index (χ2n) is 5.24. The fourth-order valence-corrected chi connectivity index (χ4v) is 3.48. The molecule has 0 saturated heterocycles. The van der Waals surface area contributed by atoms with Gasteiger partial charge >= 0.3 is 0 Å². The molecule has 1 aromatic carbocycles. The van der Waals surface area contributed by atoms with E-state index in [0.29, 0.717) is 6.54 Å². The fraction of sp³-hybridized carbons (Fsp3) is 0.333. The lowest BCUT2D eigenvalue weighted by atomic mass is 10.3. The van der Waals surface area contributed by atoms with Crippen molar-refractivity contribution in [2.45, 2.75) is 30.8 Å². The molecule has 0 spiro atoms. The van der Waals surface area contributed by atoms with Crippen LogP contribution in [0.5, 0.6) is 0 Å². The molecule has 1 heterocycles. The zero-order valence-corrected chi connectivity index (χ0v) is 15.5. The standard InChI is InChI=1S/C15H19BrN4O3S/c1-12(15(21)18-7-2-9-20-10-8-17-11-20)19-24(22,23)14-5-3-13(16)4-6-14/h3-6,8,10-12,19H,2,7,9H2,1H3,(H,18,21)/t12-/m0/s1. The van der Waals surface area contributed by atoms with E-state index in [-0.39, 0.29) is 10.8 Å². The molecule has 2 aromatic rings. The van der Waals surface area contributed by atoms with Gasteiger partial charge in [0.15, 0.2) is 0 Å². The first-order chi connectivity index (χ1) is 11.4. The maximum Gasteiger partial charge on any atom is 0.241 e. The third-order valence-corrected chi connectivity index (χ3v) is 5.39. The minimum absolute atomic E-state index is 0.116. The molecule has 1 aromatic heterocycles. The number of carbonyl (C=O) groups excluding carboxylic acids is 1. The summed E-state index contributed by atoms with van der Waals surface area (Å²) in [5, 5.41) is 2.72. The third-order valence-electron chi connectivity index (χ3n) is 3.30. The first-order valence-electron chi connectivity index (χ1n) is 7.40. The lowest BCUT2D eigenvalue weighted by molar-refractivity contribution is -0.122. The van der Waals surface area contributed by atoms with E-state index in [9.17, 15) is 13.2 Å². The number of aryl methyl sites for hydroxylation is 1. The van der Waals surface area contributed by atoms with Crippen LogP contribution in [0.4, 0.5) is 0 Å². The highest BCUT2D eigenvalue weighted by Crippen LogP contribution is 2.14. The van der Waals surface area contributed by atoms with E-state index >= 15 is 0 Å². The molecule has 0 saturated carbocycles. The van der Waals surface area contributed by atoms with Gasteiger partial charge in [-0.05, 0) is 37.6 Å². The Hall–Kier alpha value is -1.71. The Balaban J connectivity index is 1.80. The highest BCUT2D eigenvalue weighted by molar-refractivity contribution is 9.10. The molecule has 0 fully saturated rings. The number of aromatic nitrogens is 2. The first-order valence-corrected chi connectivity index (χ1v) is 9.67. The average Bonchev–Trinajstić information content (AvgIpc) is 3.04. The predicted octanol–water partition coefficient (Wildman–Crippen LogP) is 1.52. The summed E-state index contributed by atoms with van der Waals surface area (Å²) in [6, 6.07) is 5.36. The van der Waals surface area contributed by atoms with Crippen molar-refractivity contribution >= 4 is 31.9 Å². The lowest BCUT2D eigenvalue weighted by Crippen LogP contribution is -2.45. The summed E-state index contributed by atoms with van der Waals surface area (Å²) in [6.45, 7) is 2.71. The Bertz CT molecular complexity index is 761. The average molecular weight is 415 g/mol. The number of nitrogens with one attached hydrogen (secondary N) is 2. The van der Waals surface area contributed by atoms with Crippen LogP contribution < -0.4 is 10.0 Å². The fourth-order valence-electron chi connectivity index (χ4n) is 2.01. The van der Waals surface area contributed by atoms with Crippen LogP contribution in [-0.4, -0.2) is 36.5 Å². The van der Waals surface area contributed by atoms with Crippen LogP contribution >= 0.6 is 15.9 Å². The Morgan fingerprint density at radius 1 is 1.33 bits per heavy atom. The van der Waals surface area contributed by atoms with Crippen LogP contribution in [0, 0.1) is 0 Å². The van der Waals surface area contributed by atoms with E-state index in [0.717, 1.165) is 17.4 Å². The maximum atomic E-state index is 12.2. The Morgan fingerprint density at radius 2 is 2.04 bits per heavy atom. The SMILES string of the molecule is C[C@H](NS(=O)(=O)c1ccc(Br)cc1)C(=O)NCCCn1ccnc1. The smallest absolute Gasteiger partial charge is 0.241 e. The van der Waals surface area contributed by atoms with Gasteiger partial charge in [-0.3, -0.25) is 4.79 Å². The Labute approximate surface area is 149 Å². The first kappa shape index (κ1) is 18.6. The topological polar surface area (TPSA) is 93.1 Å². The van der Waals surface area contributed by atoms with Gasteiger partial charge in [0.1, 0.15) is 0 Å². The van der Waals surface area contributed by atoms with Crippen LogP contribution in [-0.2, 0) is 21.4 Å². The van der Waals surface area contributed by atoms with Gasteiger partial charge in [-0.25, -0.2) is 13.4 Å². The van der Waals surface area contributed by atoms with Gasteiger partial charge in [0.25, 0.3) is 0 Å². The molecule has 130 valence electrons. The molecule has 0 aliphatic heterocycles. The number of sulfonamides is 1. The molecule has 24 heavy (non-hydrogen) atoms. The number of hydrogen-bond acceptors (Lipinski definition) is 4. The molecular weight excluding hydrogens is 396 g/mol. The van der Waals surface area contributed by atoms with E-state index in [1.165, 1.54) is 19.1 Å². The second-order valence-corrected chi connectivity index (χ2v) is 7.87. The van der Waals surface area contributed by atoms with Gasteiger partial charge in [0.2, 0.25) is 15.9 Å². The quantitative estimate of drug-likeness (QED) is 0.640. The molecule has 9 heteroatoms. The van der Waals surface area contributed by atoms with E-state index in [1.807, 2.05) is 10.8 Å². The van der Waals surface area contributed by atoms with Crippen molar-refractivity contribution in [2.24, 2.45) is 0 Å². The van der Waals surface area contributed by atoms with E-state index in [1.54, 1.807) is 24.7 Å². The van der Waals surface area contributed by atoms with E-state index < -0.39 is 16.1 Å². The predicted molar refractivity (Wildman–Crippen MR) is 93.8 cm³/mol. The molecule has 0 unspecified atom stereocenters. The highest BCUT2D eigenvalue weighted by Gasteiger charge is 2.21. The van der Waals surface area contributed by atoms with E-state index in [4.69, 9.17) is 0 Å². The van der Waals surface area contributed by atoms with Crippen molar-refractivity contribution in [3.8, 4) is 0 Å². The second kappa shape index (κ2) is 8.41. The van der Waals surface area contributed by atoms with Gasteiger partial charge in [0, 0.05) is 30.0 Å². The normalized spacial score (nSPS) is 12.8. The van der Waals surface area contributed by atoms with Crippen molar-refractivity contribution in [1.29, 1.82) is 0 Å². The van der Waals surface area contributed by atoms with Gasteiger partial charge in [0.05, 0.1) is 17.3 Å². The number of imidazole rings is 1. The lowest BCUT2D eigenvalue weighted by Gasteiger charge is -2.14. The summed E-state index contributed by atoms with van der Waals surface area (Å²) in [6.07, 6.45) is 5.97. The Morgan fingerprint density at radius 3 is 2.67 bits per heavy atom. The third kappa shape index (κ3) is 5.43. The molecule has 2 N–H and O–H groups in total. The summed E-state index contributed by atoms with van der Waals surface area (Å²) >= 11 is 3.25. The zero-order chi connectivity index (χ0) is 17.6. The number of halogens is 1. The molecule has 0 radical (unpaired) electrons. The Kier molecular flexibility index (Phi) is 6.52. The van der Waals surface area contributed by atoms with Gasteiger partial charge in [-0.2, -0.15) is 4.72 Å². The summed E-state index contributed by atoms with van der Waals surface area (Å²) in [4.78, 5) is 16.1. The number of benzene rings is 1. The van der Waals surface area contributed by atoms with Crippen molar-refractivity contribution in [3.63, 3.8) is 0 Å². The summed E-state index contributed by atoms with van der Waals surface area (Å²) in [5.74, 6) is -0.360. The van der Waals surface area contributed by atoms with Crippen LogP contribution in [0.1, 0.15) is 13.3 Å². The minimum Gasteiger partial charge on any atom is -0.355 e. The minimum atomic E-state index is -3.73. The summed E-state index contributed by atoms with van der Waals surface area (Å²) < 4.78 is 29.5. The molecule has 0 aliphatic rings. The summed E-state index contributed by atoms with van der Waals surface area (Å²) in [7, 11) is -3.73. The van der Waals surface area contributed by atoms with Gasteiger partial charge in [-0.1, -0.05) is 15.9 Å². The molecule has 2 rings (SSSR count). The summed E-state index contributed by atoms with van der Waals surface area (Å²) in [5.41, 5.74) is 0. The maximum absolute atomic E-state index is 12.2. The number of rotatable bonds is 8. The molecule has 0 aliphatic carbocycles. The number of hydrogen-bond donors (Lipinski definition) is 2. The number of nitrogens with zero attached hydrogens (tertiary/aromatic N) is 2. The molecule has 7 nitrogen and oxygen atoms in total. The van der Waals surface area contributed by atoms with Crippen molar-refractivity contribution in [3.05, 3.63) is 47.5 Å². The van der Waals surface area contributed by atoms with Crippen LogP contribution in [0.2, 0.25) is 0 Å².